The van der Waals surface area contributed by atoms with Crippen molar-refractivity contribution < 1.29 is 4.79 Å². The molecule has 0 fully saturated rings. The third kappa shape index (κ3) is 1.81. The van der Waals surface area contributed by atoms with Gasteiger partial charge in [-0.2, -0.15) is 0 Å². The summed E-state index contributed by atoms with van der Waals surface area (Å²) in [6, 6.07) is 6.29. The van der Waals surface area contributed by atoms with Gasteiger partial charge in [0.05, 0.1) is 0 Å². The fraction of sp³-hybridized carbons (Fsp3) is 0.182. The zero-order valence-corrected chi connectivity index (χ0v) is 10.3. The van der Waals surface area contributed by atoms with Gasteiger partial charge in [0.25, 0.3) is 0 Å². The first-order chi connectivity index (χ1) is 6.85. The van der Waals surface area contributed by atoms with Crippen molar-refractivity contribution in [3.63, 3.8) is 0 Å². The second-order valence-corrected chi connectivity index (χ2v) is 6.19. The average molecular weight is 269 g/mol. The molecule has 0 bridgehead atoms. The molecule has 0 aliphatic rings. The van der Waals surface area contributed by atoms with Crippen molar-refractivity contribution in [2.45, 2.75) is 11.8 Å². The number of hydrogen-bond donors (Lipinski definition) is 0. The Balaban J connectivity index is 2.60. The Morgan fingerprint density at radius 3 is 3.07 bits per heavy atom. The molecule has 2 aromatic rings. The maximum absolute atomic E-state index is 10.9. The molecule has 0 atom stereocenters. The Morgan fingerprint density at radius 2 is 2.36 bits per heavy atom. The molecule has 0 saturated carbocycles. The number of rotatable bonds is 3. The van der Waals surface area contributed by atoms with Gasteiger partial charge < -0.3 is 0 Å². The van der Waals surface area contributed by atoms with Crippen LogP contribution in [0.15, 0.2) is 28.0 Å². The Morgan fingerprint density at radius 1 is 1.50 bits per heavy atom. The van der Waals surface area contributed by atoms with Crippen LogP contribution in [0.5, 0.6) is 0 Å². The normalized spacial score (nSPS) is 10.6. The Kier molecular flexibility index (Phi) is 3.12. The van der Waals surface area contributed by atoms with Crippen LogP contribution in [-0.2, 0) is 0 Å². The van der Waals surface area contributed by atoms with E-state index in [1.165, 1.54) is 9.65 Å². The molecule has 0 aliphatic carbocycles. The summed E-state index contributed by atoms with van der Waals surface area (Å²) in [5, 5.41) is 1.23. The number of carbonyl (C=O) groups is 1. The van der Waals surface area contributed by atoms with Crippen molar-refractivity contribution in [3.05, 3.63) is 28.7 Å². The first kappa shape index (κ1) is 10.0. The number of carbonyl (C=O) groups excluding carboxylic acids is 1. The number of aldehydes is 1. The van der Waals surface area contributed by atoms with Crippen molar-refractivity contribution in [1.29, 1.82) is 0 Å². The fourth-order valence-corrected chi connectivity index (χ4v) is 4.04. The van der Waals surface area contributed by atoms with E-state index in [2.05, 4.69) is 24.0 Å². The molecule has 0 aliphatic heterocycles. The van der Waals surface area contributed by atoms with Gasteiger partial charge in [-0.05, 0) is 0 Å². The van der Waals surface area contributed by atoms with E-state index in [1.807, 2.05) is 6.07 Å². The van der Waals surface area contributed by atoms with Crippen LogP contribution >= 0.6 is 11.8 Å². The Hall–Kier alpha value is -0.501. The Labute approximate surface area is 93.2 Å². The van der Waals surface area contributed by atoms with Gasteiger partial charge in [0.1, 0.15) is 0 Å². The summed E-state index contributed by atoms with van der Waals surface area (Å²) in [4.78, 5) is 14.2. The van der Waals surface area contributed by atoms with Crippen molar-refractivity contribution in [2.24, 2.45) is 0 Å². The average Bonchev–Trinajstić information content (AvgIpc) is 2.64. The van der Waals surface area contributed by atoms with E-state index in [0.717, 1.165) is 22.5 Å². The minimum atomic E-state index is 0.472. The SMILES string of the molecule is CCSc1cc2[se]ccc2cc1C=O. The van der Waals surface area contributed by atoms with Crippen LogP contribution in [0.1, 0.15) is 17.3 Å². The van der Waals surface area contributed by atoms with E-state index in [9.17, 15) is 4.79 Å². The summed E-state index contributed by atoms with van der Waals surface area (Å²) in [5.41, 5.74) is 0.831. The van der Waals surface area contributed by atoms with Crippen LogP contribution in [-0.4, -0.2) is 26.5 Å². The fourth-order valence-electron chi connectivity index (χ4n) is 1.38. The topological polar surface area (TPSA) is 17.1 Å². The van der Waals surface area contributed by atoms with Crippen molar-refractivity contribution in [2.75, 3.05) is 5.75 Å². The summed E-state index contributed by atoms with van der Waals surface area (Å²) in [6.45, 7) is 2.11. The summed E-state index contributed by atoms with van der Waals surface area (Å²) in [7, 11) is 0. The molecule has 3 heteroatoms. The second kappa shape index (κ2) is 4.35. The standard InChI is InChI=1S/C11H10OSSe/c1-2-13-10-6-11-8(3-4-14-11)5-9(10)7-12/h3-7H,2H2,1H3. The molecule has 0 amide bonds. The molecule has 1 aromatic heterocycles. The van der Waals surface area contributed by atoms with E-state index in [0.29, 0.717) is 14.5 Å². The zero-order chi connectivity index (χ0) is 9.97. The van der Waals surface area contributed by atoms with Gasteiger partial charge in [-0.15, -0.1) is 0 Å². The van der Waals surface area contributed by atoms with E-state index < -0.39 is 0 Å². The number of hydrogen-bond acceptors (Lipinski definition) is 2. The van der Waals surface area contributed by atoms with Gasteiger partial charge in [-0.1, -0.05) is 0 Å². The Bertz CT molecular complexity index is 461. The molecule has 0 N–H and O–H groups in total. The molecule has 1 heterocycles. The molecule has 0 unspecified atom stereocenters. The van der Waals surface area contributed by atoms with Gasteiger partial charge in [-0.3, -0.25) is 0 Å². The van der Waals surface area contributed by atoms with Crippen molar-refractivity contribution in [1.82, 2.24) is 0 Å². The van der Waals surface area contributed by atoms with Crippen LogP contribution in [0, 0.1) is 0 Å². The number of thioether (sulfide) groups is 1. The molecular formula is C11H10OSSe. The van der Waals surface area contributed by atoms with Gasteiger partial charge in [0.15, 0.2) is 0 Å². The predicted octanol–water partition coefficient (Wildman–Crippen LogP) is 2.82. The monoisotopic (exact) mass is 270 g/mol. The third-order valence-electron chi connectivity index (χ3n) is 2.01. The molecule has 0 radical (unpaired) electrons. The van der Waals surface area contributed by atoms with E-state index >= 15 is 0 Å². The maximum atomic E-state index is 10.9. The third-order valence-corrected chi connectivity index (χ3v) is 4.81. The summed E-state index contributed by atoms with van der Waals surface area (Å²) < 4.78 is 1.40. The predicted molar refractivity (Wildman–Crippen MR) is 62.7 cm³/mol. The molecular weight excluding hydrogens is 259 g/mol. The minimum absolute atomic E-state index is 0.472. The van der Waals surface area contributed by atoms with E-state index in [-0.39, 0.29) is 0 Å². The first-order valence-electron chi connectivity index (χ1n) is 4.44. The molecule has 2 rings (SSSR count). The molecule has 0 saturated heterocycles. The molecule has 14 heavy (non-hydrogen) atoms. The number of benzene rings is 1. The molecule has 0 spiro atoms. The summed E-state index contributed by atoms with van der Waals surface area (Å²) >= 11 is 2.22. The van der Waals surface area contributed by atoms with Crippen LogP contribution in [0.25, 0.3) is 9.65 Å². The van der Waals surface area contributed by atoms with E-state index in [1.54, 1.807) is 11.8 Å². The molecule has 1 nitrogen and oxygen atoms in total. The molecule has 1 aromatic carbocycles. The van der Waals surface area contributed by atoms with Gasteiger partial charge in [0, 0.05) is 0 Å². The quantitative estimate of drug-likeness (QED) is 0.484. The summed E-state index contributed by atoms with van der Waals surface area (Å²) in [5.74, 6) is 1.01. The van der Waals surface area contributed by atoms with Crippen LogP contribution in [0.3, 0.4) is 0 Å². The van der Waals surface area contributed by atoms with Crippen LogP contribution in [0.4, 0.5) is 0 Å². The van der Waals surface area contributed by atoms with Gasteiger partial charge in [0.2, 0.25) is 0 Å². The molecule has 72 valence electrons. The van der Waals surface area contributed by atoms with Crippen LogP contribution in [0.2, 0.25) is 0 Å². The van der Waals surface area contributed by atoms with Gasteiger partial charge in [-0.25, -0.2) is 0 Å². The first-order valence-corrected chi connectivity index (χ1v) is 7.27. The zero-order valence-electron chi connectivity index (χ0n) is 7.82. The number of fused-ring (bicyclic) bond motifs is 1. The van der Waals surface area contributed by atoms with E-state index in [4.69, 9.17) is 0 Å². The van der Waals surface area contributed by atoms with Crippen molar-refractivity contribution >= 4 is 42.2 Å². The second-order valence-electron chi connectivity index (χ2n) is 2.90. The van der Waals surface area contributed by atoms with Gasteiger partial charge >= 0.3 is 93.3 Å². The van der Waals surface area contributed by atoms with Crippen molar-refractivity contribution in [3.8, 4) is 0 Å². The summed E-state index contributed by atoms with van der Waals surface area (Å²) in [6.07, 6.45) is 0.956. The van der Waals surface area contributed by atoms with Crippen LogP contribution < -0.4 is 0 Å².